The van der Waals surface area contributed by atoms with E-state index in [4.69, 9.17) is 28.0 Å². The molecule has 17 heteroatoms. The van der Waals surface area contributed by atoms with Crippen LogP contribution >= 0.6 is 0 Å². The van der Waals surface area contributed by atoms with E-state index >= 15 is 0 Å². The number of aliphatic hydroxyl groups excluding tert-OH is 1. The molecule has 0 rings (SSSR count). The van der Waals surface area contributed by atoms with Crippen molar-refractivity contribution in [3.05, 3.63) is 0 Å². The molecule has 0 aliphatic carbocycles. The molecule has 4 amide bonds. The van der Waals surface area contributed by atoms with E-state index in [-0.39, 0.29) is 31.8 Å². The van der Waals surface area contributed by atoms with Crippen LogP contribution in [0.15, 0.2) is 4.99 Å². The number of aliphatic imine (C=N–C) groups is 1. The first-order valence-electron chi connectivity index (χ1n) is 10.3. The average Bonchev–Trinajstić information content (AvgIpc) is 2.75. The molecule has 0 saturated heterocycles. The molecular weight excluding hydrogens is 472 g/mol. The van der Waals surface area contributed by atoms with E-state index in [0.29, 0.717) is 0 Å². The van der Waals surface area contributed by atoms with Crippen LogP contribution in [0.5, 0.6) is 0 Å². The van der Waals surface area contributed by atoms with E-state index in [2.05, 4.69) is 20.9 Å². The van der Waals surface area contributed by atoms with Crippen LogP contribution in [-0.4, -0.2) is 94.2 Å². The van der Waals surface area contributed by atoms with Crippen molar-refractivity contribution in [2.24, 2.45) is 27.9 Å². The highest BCUT2D eigenvalue weighted by atomic mass is 16.4. The third-order valence-corrected chi connectivity index (χ3v) is 4.42. The number of rotatable bonds is 17. The number of carbonyl (C=O) groups is 6. The normalized spacial score (nSPS) is 13.9. The van der Waals surface area contributed by atoms with E-state index in [9.17, 15) is 39.0 Å². The summed E-state index contributed by atoms with van der Waals surface area (Å²) in [6, 6.07) is -5.96. The predicted molar refractivity (Wildman–Crippen MR) is 119 cm³/mol. The minimum Gasteiger partial charge on any atom is -0.481 e. The zero-order valence-electron chi connectivity index (χ0n) is 18.8. The summed E-state index contributed by atoms with van der Waals surface area (Å²) >= 11 is 0. The van der Waals surface area contributed by atoms with Gasteiger partial charge in [-0.15, -0.1) is 0 Å². The zero-order chi connectivity index (χ0) is 27.1. The van der Waals surface area contributed by atoms with Gasteiger partial charge in [-0.3, -0.25) is 29.0 Å². The van der Waals surface area contributed by atoms with Gasteiger partial charge >= 0.3 is 11.9 Å². The number of primary amides is 1. The molecule has 0 heterocycles. The van der Waals surface area contributed by atoms with Crippen molar-refractivity contribution in [3.63, 3.8) is 0 Å². The molecule has 0 radical (unpaired) electrons. The van der Waals surface area contributed by atoms with E-state index in [1.807, 2.05) is 0 Å². The van der Waals surface area contributed by atoms with E-state index in [1.165, 1.54) is 0 Å². The fraction of sp³-hybridized carbons (Fsp3) is 0.611. The molecule has 4 atom stereocenters. The van der Waals surface area contributed by atoms with E-state index in [1.54, 1.807) is 0 Å². The van der Waals surface area contributed by atoms with Crippen LogP contribution < -0.4 is 38.9 Å². The monoisotopic (exact) mass is 504 g/mol. The summed E-state index contributed by atoms with van der Waals surface area (Å²) < 4.78 is 0. The third-order valence-electron chi connectivity index (χ3n) is 4.42. The molecular formula is C18H32N8O9. The predicted octanol–water partition coefficient (Wildman–Crippen LogP) is -5.36. The number of nitrogens with one attached hydrogen (secondary N) is 3. The number of carboxylic acid groups (broad SMARTS) is 2. The summed E-state index contributed by atoms with van der Waals surface area (Å²) in [7, 11) is 0. The van der Waals surface area contributed by atoms with Gasteiger partial charge in [0.2, 0.25) is 23.6 Å². The lowest BCUT2D eigenvalue weighted by atomic mass is 10.1. The smallest absolute Gasteiger partial charge is 0.326 e. The quantitative estimate of drug-likeness (QED) is 0.0504. The highest BCUT2D eigenvalue weighted by Crippen LogP contribution is 2.02. The standard InChI is InChI=1S/C18H32N8O9/c19-8(3-4-13(29)30)14(31)26-11(7-27)16(33)25-10(6-12(20)28)15(32)24-9(17(34)35)2-1-5-23-18(21)22/h8-11,27H,1-7,19H2,(H2,20,28)(H,24,32)(H,25,33)(H,26,31)(H,29,30)(H,34,35)(H4,21,22,23). The number of amides is 4. The van der Waals surface area contributed by atoms with Gasteiger partial charge in [0.15, 0.2) is 5.96 Å². The molecule has 0 bridgehead atoms. The number of carboxylic acids is 2. The molecule has 0 aromatic carbocycles. The van der Waals surface area contributed by atoms with Crippen molar-refractivity contribution in [2.45, 2.75) is 56.3 Å². The topological polar surface area (TPSA) is 316 Å². The summed E-state index contributed by atoms with van der Waals surface area (Å²) in [6.07, 6.45) is -1.28. The molecule has 17 nitrogen and oxygen atoms in total. The van der Waals surface area contributed by atoms with Gasteiger partial charge in [0.05, 0.1) is 19.1 Å². The van der Waals surface area contributed by atoms with Gasteiger partial charge in [-0.25, -0.2) is 4.79 Å². The molecule has 198 valence electrons. The molecule has 35 heavy (non-hydrogen) atoms. The van der Waals surface area contributed by atoms with Crippen molar-refractivity contribution in [3.8, 4) is 0 Å². The number of aliphatic hydroxyl groups is 1. The maximum Gasteiger partial charge on any atom is 0.326 e. The van der Waals surface area contributed by atoms with Crippen LogP contribution in [0.25, 0.3) is 0 Å². The minimum atomic E-state index is -1.63. The second-order valence-electron chi connectivity index (χ2n) is 7.36. The van der Waals surface area contributed by atoms with Crippen molar-refractivity contribution in [1.29, 1.82) is 0 Å². The first-order chi connectivity index (χ1) is 16.3. The number of nitrogens with zero attached hydrogens (tertiary/aromatic N) is 1. The van der Waals surface area contributed by atoms with Crippen molar-refractivity contribution >= 4 is 41.5 Å². The summed E-state index contributed by atoms with van der Waals surface area (Å²) in [5.41, 5.74) is 21.0. The molecule has 14 N–H and O–H groups in total. The summed E-state index contributed by atoms with van der Waals surface area (Å²) in [6.45, 7) is -0.841. The van der Waals surface area contributed by atoms with Crippen LogP contribution in [0.3, 0.4) is 0 Å². The van der Waals surface area contributed by atoms with Gasteiger partial charge < -0.3 is 54.2 Å². The first-order valence-corrected chi connectivity index (χ1v) is 10.3. The van der Waals surface area contributed by atoms with Crippen LogP contribution in [0.1, 0.15) is 32.1 Å². The Bertz CT molecular complexity index is 816. The van der Waals surface area contributed by atoms with Crippen LogP contribution in [0.4, 0.5) is 0 Å². The molecule has 0 aromatic heterocycles. The fourth-order valence-corrected chi connectivity index (χ4v) is 2.60. The molecule has 0 aromatic rings. The lowest BCUT2D eigenvalue weighted by Gasteiger charge is -2.23. The Morgan fingerprint density at radius 3 is 1.83 bits per heavy atom. The van der Waals surface area contributed by atoms with Crippen LogP contribution in [0, 0.1) is 0 Å². The Balaban J connectivity index is 5.24. The Hall–Kier alpha value is -3.99. The molecule has 0 spiro atoms. The van der Waals surface area contributed by atoms with Crippen LogP contribution in [-0.2, 0) is 28.8 Å². The second-order valence-corrected chi connectivity index (χ2v) is 7.36. The van der Waals surface area contributed by atoms with Gasteiger partial charge in [-0.1, -0.05) is 0 Å². The number of carbonyl (C=O) groups excluding carboxylic acids is 4. The van der Waals surface area contributed by atoms with Crippen LogP contribution in [0.2, 0.25) is 0 Å². The maximum absolute atomic E-state index is 12.6. The molecule has 0 aliphatic rings. The molecule has 0 aliphatic heterocycles. The number of guanidine groups is 1. The Kier molecular flexibility index (Phi) is 14.0. The Labute approximate surface area is 199 Å². The summed E-state index contributed by atoms with van der Waals surface area (Å²) in [5.74, 6) is -6.91. The Morgan fingerprint density at radius 2 is 1.34 bits per heavy atom. The van der Waals surface area contributed by atoms with Gasteiger partial charge in [0.1, 0.15) is 18.1 Å². The zero-order valence-corrected chi connectivity index (χ0v) is 18.8. The van der Waals surface area contributed by atoms with E-state index in [0.717, 1.165) is 0 Å². The summed E-state index contributed by atoms with van der Waals surface area (Å²) in [4.78, 5) is 74.2. The van der Waals surface area contributed by atoms with Gasteiger partial charge in [0, 0.05) is 13.0 Å². The number of hydrogen-bond donors (Lipinski definition) is 10. The van der Waals surface area contributed by atoms with Crippen molar-refractivity contribution in [2.75, 3.05) is 13.2 Å². The van der Waals surface area contributed by atoms with Crippen molar-refractivity contribution in [1.82, 2.24) is 16.0 Å². The third kappa shape index (κ3) is 13.3. The largest absolute Gasteiger partial charge is 0.481 e. The fourth-order valence-electron chi connectivity index (χ4n) is 2.60. The van der Waals surface area contributed by atoms with Crippen molar-refractivity contribution < 1.29 is 44.1 Å². The number of hydrogen-bond acceptors (Lipinski definition) is 9. The highest BCUT2D eigenvalue weighted by molar-refractivity contribution is 5.96. The SMILES string of the molecule is NC(=O)CC(NC(=O)C(CO)NC(=O)C(N)CCC(=O)O)C(=O)NC(CCCN=C(N)N)C(=O)O. The lowest BCUT2D eigenvalue weighted by Crippen LogP contribution is -2.58. The molecule has 4 unspecified atom stereocenters. The summed E-state index contributed by atoms with van der Waals surface area (Å²) in [5, 5.41) is 33.8. The second kappa shape index (κ2) is 15.8. The highest BCUT2D eigenvalue weighted by Gasteiger charge is 2.31. The van der Waals surface area contributed by atoms with Gasteiger partial charge in [0.25, 0.3) is 0 Å². The maximum atomic E-state index is 12.6. The van der Waals surface area contributed by atoms with Gasteiger partial charge in [-0.2, -0.15) is 0 Å². The average molecular weight is 505 g/mol. The van der Waals surface area contributed by atoms with Gasteiger partial charge in [-0.05, 0) is 19.3 Å². The number of aliphatic carboxylic acids is 2. The van der Waals surface area contributed by atoms with E-state index < -0.39 is 79.2 Å². The first kappa shape index (κ1) is 31.0. The number of nitrogens with two attached hydrogens (primary N) is 4. The molecule has 0 saturated carbocycles. The minimum absolute atomic E-state index is 0.0847. The Morgan fingerprint density at radius 1 is 0.800 bits per heavy atom. The lowest BCUT2D eigenvalue weighted by molar-refractivity contribution is -0.143. The molecule has 0 fully saturated rings.